The van der Waals surface area contributed by atoms with E-state index in [-0.39, 0.29) is 5.82 Å². The Morgan fingerprint density at radius 3 is 2.74 bits per heavy atom. The third-order valence-electron chi connectivity index (χ3n) is 5.25. The van der Waals surface area contributed by atoms with E-state index in [1.54, 1.807) is 11.3 Å². The van der Waals surface area contributed by atoms with Gasteiger partial charge in [0.2, 0.25) is 0 Å². The minimum absolute atomic E-state index is 0.192. The fraction of sp³-hybridized carbons (Fsp3) is 0.174. The molecule has 1 aliphatic heterocycles. The Bertz CT molecular complexity index is 1100. The topological polar surface area (TPSA) is 16.1 Å². The summed E-state index contributed by atoms with van der Waals surface area (Å²) in [6, 6.07) is 19.7. The van der Waals surface area contributed by atoms with E-state index in [0.717, 1.165) is 42.8 Å². The number of nitrogens with zero attached hydrogens (tertiary/aromatic N) is 2. The lowest BCUT2D eigenvalue weighted by Crippen LogP contribution is -2.19. The molecular formula is C23H19FN2S. The van der Waals surface area contributed by atoms with Crippen molar-refractivity contribution in [3.63, 3.8) is 0 Å². The highest BCUT2D eigenvalue weighted by molar-refractivity contribution is 7.17. The van der Waals surface area contributed by atoms with E-state index in [1.807, 2.05) is 12.1 Å². The van der Waals surface area contributed by atoms with Crippen molar-refractivity contribution >= 4 is 21.6 Å². The minimum atomic E-state index is -0.192. The maximum absolute atomic E-state index is 13.3. The summed E-state index contributed by atoms with van der Waals surface area (Å²) >= 11 is 1.73. The molecule has 0 bridgehead atoms. The fourth-order valence-corrected chi connectivity index (χ4v) is 4.58. The summed E-state index contributed by atoms with van der Waals surface area (Å²) in [4.78, 5) is 7.24. The third-order valence-corrected chi connectivity index (χ3v) is 6.12. The molecule has 2 aromatic heterocycles. The van der Waals surface area contributed by atoms with E-state index in [4.69, 9.17) is 4.98 Å². The van der Waals surface area contributed by atoms with Crippen molar-refractivity contribution in [2.45, 2.75) is 19.5 Å². The second-order valence-electron chi connectivity index (χ2n) is 7.02. The number of benzene rings is 2. The molecule has 0 atom stereocenters. The molecular weight excluding hydrogens is 355 g/mol. The Hall–Kier alpha value is -2.56. The molecule has 1 aliphatic rings. The monoisotopic (exact) mass is 374 g/mol. The van der Waals surface area contributed by atoms with E-state index in [9.17, 15) is 4.39 Å². The zero-order chi connectivity index (χ0) is 18.2. The van der Waals surface area contributed by atoms with Crippen LogP contribution in [0.25, 0.3) is 21.3 Å². The number of pyridine rings is 1. The zero-order valence-corrected chi connectivity index (χ0v) is 15.7. The molecule has 0 radical (unpaired) electrons. The Balaban J connectivity index is 1.33. The van der Waals surface area contributed by atoms with Gasteiger partial charge in [0, 0.05) is 31.7 Å². The molecule has 0 spiro atoms. The average molecular weight is 374 g/mol. The summed E-state index contributed by atoms with van der Waals surface area (Å²) in [5.41, 5.74) is 7.28. The molecule has 0 aliphatic carbocycles. The molecule has 2 aromatic carbocycles. The number of rotatable bonds is 4. The maximum Gasteiger partial charge on any atom is 0.123 e. The first-order valence-electron chi connectivity index (χ1n) is 9.18. The summed E-state index contributed by atoms with van der Waals surface area (Å²) in [5, 5.41) is 2.09. The summed E-state index contributed by atoms with van der Waals surface area (Å²) in [5.74, 6) is -0.192. The lowest BCUT2D eigenvalue weighted by molar-refractivity contribution is 0.287. The minimum Gasteiger partial charge on any atom is -0.294 e. The van der Waals surface area contributed by atoms with Crippen LogP contribution in [0.2, 0.25) is 0 Å². The van der Waals surface area contributed by atoms with Gasteiger partial charge in [-0.25, -0.2) is 4.39 Å². The highest BCUT2D eigenvalue weighted by Gasteiger charge is 2.21. The maximum atomic E-state index is 13.3. The fourth-order valence-electron chi connectivity index (χ4n) is 3.86. The van der Waals surface area contributed by atoms with Crippen LogP contribution in [-0.4, -0.2) is 16.4 Å². The van der Waals surface area contributed by atoms with Gasteiger partial charge in [-0.05, 0) is 58.0 Å². The van der Waals surface area contributed by atoms with Crippen LogP contribution in [0, 0.1) is 5.82 Å². The molecule has 27 heavy (non-hydrogen) atoms. The van der Waals surface area contributed by atoms with Gasteiger partial charge in [0.05, 0.1) is 10.2 Å². The van der Waals surface area contributed by atoms with Gasteiger partial charge in [0.1, 0.15) is 5.82 Å². The van der Waals surface area contributed by atoms with Crippen molar-refractivity contribution < 1.29 is 4.39 Å². The Morgan fingerprint density at radius 2 is 1.85 bits per heavy atom. The van der Waals surface area contributed by atoms with E-state index >= 15 is 0 Å². The molecule has 0 fully saturated rings. The molecule has 0 N–H and O–H groups in total. The largest absolute Gasteiger partial charge is 0.294 e. The van der Waals surface area contributed by atoms with Crippen LogP contribution >= 0.6 is 11.3 Å². The van der Waals surface area contributed by atoms with Gasteiger partial charge in [-0.2, -0.15) is 0 Å². The average Bonchev–Trinajstić information content (AvgIpc) is 3.32. The SMILES string of the molecule is Fc1ccc(-c2cccc3c2CN(CCc2ccc4sccc4n2)C3)cc1. The number of hydrogen-bond donors (Lipinski definition) is 0. The van der Waals surface area contributed by atoms with E-state index in [2.05, 4.69) is 46.7 Å². The summed E-state index contributed by atoms with van der Waals surface area (Å²) < 4.78 is 14.5. The number of hydrogen-bond acceptors (Lipinski definition) is 3. The molecule has 3 heterocycles. The first-order valence-corrected chi connectivity index (χ1v) is 10.1. The van der Waals surface area contributed by atoms with Crippen LogP contribution in [0.1, 0.15) is 16.8 Å². The molecule has 0 saturated carbocycles. The second kappa shape index (κ2) is 6.87. The predicted molar refractivity (Wildman–Crippen MR) is 109 cm³/mol. The van der Waals surface area contributed by atoms with Gasteiger partial charge in [-0.1, -0.05) is 30.3 Å². The van der Waals surface area contributed by atoms with Crippen molar-refractivity contribution in [2.75, 3.05) is 6.54 Å². The normalized spacial score (nSPS) is 14.0. The van der Waals surface area contributed by atoms with Crippen LogP contribution in [-0.2, 0) is 19.5 Å². The van der Waals surface area contributed by atoms with Gasteiger partial charge in [0.25, 0.3) is 0 Å². The summed E-state index contributed by atoms with van der Waals surface area (Å²) in [6.07, 6.45) is 0.950. The van der Waals surface area contributed by atoms with E-state index in [1.165, 1.54) is 33.5 Å². The van der Waals surface area contributed by atoms with Crippen LogP contribution < -0.4 is 0 Å². The van der Waals surface area contributed by atoms with E-state index in [0.29, 0.717) is 0 Å². The van der Waals surface area contributed by atoms with Gasteiger partial charge >= 0.3 is 0 Å². The zero-order valence-electron chi connectivity index (χ0n) is 14.9. The van der Waals surface area contributed by atoms with Gasteiger partial charge in [-0.3, -0.25) is 9.88 Å². The molecule has 0 unspecified atom stereocenters. The first-order chi connectivity index (χ1) is 13.3. The Kier molecular flexibility index (Phi) is 4.23. The molecule has 2 nitrogen and oxygen atoms in total. The van der Waals surface area contributed by atoms with Crippen LogP contribution in [0.5, 0.6) is 0 Å². The summed E-state index contributed by atoms with van der Waals surface area (Å²) in [7, 11) is 0. The van der Waals surface area contributed by atoms with Crippen molar-refractivity contribution in [3.8, 4) is 11.1 Å². The van der Waals surface area contributed by atoms with Crippen molar-refractivity contribution in [1.29, 1.82) is 0 Å². The second-order valence-corrected chi connectivity index (χ2v) is 7.97. The standard InChI is InChI=1S/C23H19FN2S/c24-18-6-4-16(5-7-18)20-3-1-2-17-14-26(15-21(17)20)12-10-19-8-9-23-22(25-19)11-13-27-23/h1-9,11,13H,10,12,14-15H2. The smallest absolute Gasteiger partial charge is 0.123 e. The summed E-state index contributed by atoms with van der Waals surface area (Å²) in [6.45, 7) is 2.88. The van der Waals surface area contributed by atoms with Crippen LogP contribution in [0.15, 0.2) is 66.0 Å². The van der Waals surface area contributed by atoms with Crippen molar-refractivity contribution in [1.82, 2.24) is 9.88 Å². The van der Waals surface area contributed by atoms with E-state index < -0.39 is 0 Å². The lowest BCUT2D eigenvalue weighted by Gasteiger charge is -2.14. The van der Waals surface area contributed by atoms with Crippen LogP contribution in [0.4, 0.5) is 4.39 Å². The number of halogens is 1. The highest BCUT2D eigenvalue weighted by Crippen LogP contribution is 2.32. The number of thiophene rings is 1. The van der Waals surface area contributed by atoms with Gasteiger partial charge in [0.15, 0.2) is 0 Å². The van der Waals surface area contributed by atoms with Gasteiger partial charge < -0.3 is 0 Å². The third kappa shape index (κ3) is 3.27. The Labute approximate surface area is 161 Å². The highest BCUT2D eigenvalue weighted by atomic mass is 32.1. The van der Waals surface area contributed by atoms with Crippen molar-refractivity contribution in [3.05, 3.63) is 88.7 Å². The Morgan fingerprint density at radius 1 is 0.963 bits per heavy atom. The molecule has 0 saturated heterocycles. The molecule has 4 aromatic rings. The molecule has 5 rings (SSSR count). The predicted octanol–water partition coefficient (Wildman–Crippen LogP) is 5.66. The quantitative estimate of drug-likeness (QED) is 0.458. The molecule has 134 valence electrons. The molecule has 4 heteroatoms. The van der Waals surface area contributed by atoms with Gasteiger partial charge in [-0.15, -0.1) is 11.3 Å². The number of fused-ring (bicyclic) bond motifs is 2. The van der Waals surface area contributed by atoms with Crippen LogP contribution in [0.3, 0.4) is 0 Å². The number of aromatic nitrogens is 1. The van der Waals surface area contributed by atoms with Crippen molar-refractivity contribution in [2.24, 2.45) is 0 Å². The molecule has 0 amide bonds. The lowest BCUT2D eigenvalue weighted by atomic mass is 9.97. The first kappa shape index (κ1) is 16.6.